The summed E-state index contributed by atoms with van der Waals surface area (Å²) in [6.07, 6.45) is 3.22. The van der Waals surface area contributed by atoms with E-state index in [2.05, 4.69) is 15.5 Å². The van der Waals surface area contributed by atoms with Gasteiger partial charge < -0.3 is 20.3 Å². The van der Waals surface area contributed by atoms with Gasteiger partial charge in [-0.2, -0.15) is 0 Å². The quantitative estimate of drug-likeness (QED) is 0.797. The van der Waals surface area contributed by atoms with E-state index in [0.717, 1.165) is 37.1 Å². The van der Waals surface area contributed by atoms with Crippen LogP contribution in [0.2, 0.25) is 0 Å². The summed E-state index contributed by atoms with van der Waals surface area (Å²) in [5.41, 5.74) is 0.791. The number of nitrogens with zero attached hydrogens (tertiary/aromatic N) is 2. The normalized spacial score (nSPS) is 30.8. The number of rotatable bonds is 4. The standard InChI is InChI=1S/C21H26N4O4/c26-18(22-8-11-24-9-4-12-29-20(24)28)16-13-14-5-3-10-25(14)21(16)15-6-1-2-7-17(15)23-19(21)27/h1-2,6-7,14,16H,3-5,8-13H2,(H,22,26)(H,23,27)/t14-,16-,21+/m1/s1. The highest BCUT2D eigenvalue weighted by Crippen LogP contribution is 2.55. The van der Waals surface area contributed by atoms with Crippen LogP contribution in [-0.2, 0) is 19.9 Å². The number of fused-ring (bicyclic) bond motifs is 4. The molecule has 4 heterocycles. The zero-order valence-electron chi connectivity index (χ0n) is 16.4. The Balaban J connectivity index is 1.37. The Morgan fingerprint density at radius 3 is 2.97 bits per heavy atom. The number of nitrogens with one attached hydrogen (secondary N) is 2. The third-order valence-electron chi connectivity index (χ3n) is 6.83. The smallest absolute Gasteiger partial charge is 0.409 e. The van der Waals surface area contributed by atoms with Crippen molar-refractivity contribution in [3.8, 4) is 0 Å². The minimum atomic E-state index is -0.925. The molecule has 8 heteroatoms. The number of hydrogen-bond acceptors (Lipinski definition) is 5. The highest BCUT2D eigenvalue weighted by molar-refractivity contribution is 6.09. The van der Waals surface area contributed by atoms with Crippen molar-refractivity contribution in [1.29, 1.82) is 0 Å². The van der Waals surface area contributed by atoms with Gasteiger partial charge in [-0.25, -0.2) is 4.79 Å². The lowest BCUT2D eigenvalue weighted by molar-refractivity contribution is -0.137. The maximum atomic E-state index is 13.3. The van der Waals surface area contributed by atoms with Crippen LogP contribution in [0.15, 0.2) is 24.3 Å². The first-order valence-electron chi connectivity index (χ1n) is 10.5. The molecule has 29 heavy (non-hydrogen) atoms. The van der Waals surface area contributed by atoms with Crippen molar-refractivity contribution >= 4 is 23.6 Å². The van der Waals surface area contributed by atoms with Crippen molar-refractivity contribution in [3.05, 3.63) is 29.8 Å². The molecule has 3 fully saturated rings. The second-order valence-corrected chi connectivity index (χ2v) is 8.29. The average molecular weight is 398 g/mol. The van der Waals surface area contributed by atoms with Crippen LogP contribution in [0.25, 0.3) is 0 Å². The minimum Gasteiger partial charge on any atom is -0.449 e. The summed E-state index contributed by atoms with van der Waals surface area (Å²) in [4.78, 5) is 42.2. The van der Waals surface area contributed by atoms with E-state index in [1.165, 1.54) is 0 Å². The fourth-order valence-electron chi connectivity index (χ4n) is 5.62. The largest absolute Gasteiger partial charge is 0.449 e. The van der Waals surface area contributed by atoms with Crippen LogP contribution in [0.3, 0.4) is 0 Å². The molecule has 1 spiro atoms. The number of hydrogen-bond donors (Lipinski definition) is 2. The highest BCUT2D eigenvalue weighted by atomic mass is 16.6. The number of para-hydroxylation sites is 1. The van der Waals surface area contributed by atoms with Crippen molar-refractivity contribution < 1.29 is 19.1 Å². The van der Waals surface area contributed by atoms with Gasteiger partial charge in [0.15, 0.2) is 0 Å². The number of anilines is 1. The number of amides is 3. The summed E-state index contributed by atoms with van der Waals surface area (Å²) in [5.74, 6) is -0.649. The van der Waals surface area contributed by atoms with Gasteiger partial charge in [0.05, 0.1) is 12.5 Å². The van der Waals surface area contributed by atoms with Crippen LogP contribution in [0.4, 0.5) is 10.5 Å². The van der Waals surface area contributed by atoms with Crippen molar-refractivity contribution in [2.45, 2.75) is 37.3 Å². The van der Waals surface area contributed by atoms with Gasteiger partial charge in [0.1, 0.15) is 5.54 Å². The summed E-state index contributed by atoms with van der Waals surface area (Å²) in [6.45, 7) is 2.70. The first kappa shape index (κ1) is 18.4. The first-order valence-corrected chi connectivity index (χ1v) is 10.5. The molecule has 3 saturated heterocycles. The molecule has 2 N–H and O–H groups in total. The maximum Gasteiger partial charge on any atom is 0.409 e. The SMILES string of the molecule is O=C(NCCN1CCCOC1=O)[C@H]1C[C@H]2CCCN2[C@]12C(=O)Nc1ccccc12. The molecule has 4 aliphatic rings. The third-order valence-corrected chi connectivity index (χ3v) is 6.83. The van der Waals surface area contributed by atoms with Gasteiger partial charge in [0.25, 0.3) is 0 Å². The van der Waals surface area contributed by atoms with Gasteiger partial charge >= 0.3 is 6.09 Å². The Labute approximate surface area is 169 Å². The molecule has 3 amide bonds. The molecule has 0 aromatic heterocycles. The molecule has 0 radical (unpaired) electrons. The molecular weight excluding hydrogens is 372 g/mol. The molecule has 0 unspecified atom stereocenters. The van der Waals surface area contributed by atoms with E-state index in [1.54, 1.807) is 4.90 Å². The number of benzene rings is 1. The van der Waals surface area contributed by atoms with Crippen molar-refractivity contribution in [3.63, 3.8) is 0 Å². The minimum absolute atomic E-state index is 0.0946. The van der Waals surface area contributed by atoms with Crippen LogP contribution in [0.1, 0.15) is 31.2 Å². The molecule has 0 aliphatic carbocycles. The van der Waals surface area contributed by atoms with Gasteiger partial charge in [-0.15, -0.1) is 0 Å². The predicted molar refractivity (Wildman–Crippen MR) is 105 cm³/mol. The lowest BCUT2D eigenvalue weighted by Crippen LogP contribution is -2.54. The lowest BCUT2D eigenvalue weighted by Gasteiger charge is -2.36. The molecule has 154 valence electrons. The molecule has 5 rings (SSSR count). The van der Waals surface area contributed by atoms with E-state index < -0.39 is 11.5 Å². The molecule has 1 aromatic carbocycles. The van der Waals surface area contributed by atoms with E-state index in [1.807, 2.05) is 24.3 Å². The molecular formula is C21H26N4O4. The zero-order valence-corrected chi connectivity index (χ0v) is 16.4. The molecule has 3 atom stereocenters. The number of carbonyl (C=O) groups is 3. The van der Waals surface area contributed by atoms with E-state index in [0.29, 0.717) is 32.7 Å². The van der Waals surface area contributed by atoms with Crippen LogP contribution in [-0.4, -0.2) is 66.5 Å². The zero-order chi connectivity index (χ0) is 20.0. The Kier molecular flexibility index (Phi) is 4.46. The molecule has 8 nitrogen and oxygen atoms in total. The summed E-state index contributed by atoms with van der Waals surface area (Å²) < 4.78 is 5.04. The Morgan fingerprint density at radius 2 is 2.10 bits per heavy atom. The first-order chi connectivity index (χ1) is 14.1. The summed E-state index contributed by atoms with van der Waals surface area (Å²) in [6, 6.07) is 7.96. The van der Waals surface area contributed by atoms with E-state index in [4.69, 9.17) is 4.74 Å². The van der Waals surface area contributed by atoms with Gasteiger partial charge in [0, 0.05) is 36.9 Å². The molecule has 1 aromatic rings. The summed E-state index contributed by atoms with van der Waals surface area (Å²) >= 11 is 0. The van der Waals surface area contributed by atoms with Crippen molar-refractivity contribution in [2.75, 3.05) is 38.1 Å². The number of carbonyl (C=O) groups excluding carboxylic acids is 3. The molecule has 0 saturated carbocycles. The lowest BCUT2D eigenvalue weighted by atomic mass is 9.78. The summed E-state index contributed by atoms with van der Waals surface area (Å²) in [7, 11) is 0. The van der Waals surface area contributed by atoms with Gasteiger partial charge in [-0.3, -0.25) is 14.5 Å². The fraction of sp³-hybridized carbons (Fsp3) is 0.571. The van der Waals surface area contributed by atoms with Gasteiger partial charge in [0.2, 0.25) is 11.8 Å². The molecule has 0 bridgehead atoms. The van der Waals surface area contributed by atoms with E-state index in [9.17, 15) is 14.4 Å². The Bertz CT molecular complexity index is 859. The van der Waals surface area contributed by atoms with Crippen LogP contribution >= 0.6 is 0 Å². The van der Waals surface area contributed by atoms with Gasteiger partial charge in [-0.05, 0) is 38.3 Å². The monoisotopic (exact) mass is 398 g/mol. The Hall–Kier alpha value is -2.61. The topological polar surface area (TPSA) is 91.0 Å². The van der Waals surface area contributed by atoms with E-state index >= 15 is 0 Å². The van der Waals surface area contributed by atoms with Crippen LogP contribution < -0.4 is 10.6 Å². The average Bonchev–Trinajstić information content (AvgIpc) is 3.38. The molecule has 4 aliphatic heterocycles. The highest BCUT2D eigenvalue weighted by Gasteiger charge is 2.65. The van der Waals surface area contributed by atoms with Crippen molar-refractivity contribution in [2.24, 2.45) is 5.92 Å². The van der Waals surface area contributed by atoms with Gasteiger partial charge in [-0.1, -0.05) is 18.2 Å². The predicted octanol–water partition coefficient (Wildman–Crippen LogP) is 1.28. The Morgan fingerprint density at radius 1 is 1.24 bits per heavy atom. The number of cyclic esters (lactones) is 1. The maximum absolute atomic E-state index is 13.3. The second-order valence-electron chi connectivity index (χ2n) is 8.29. The fourth-order valence-corrected chi connectivity index (χ4v) is 5.62. The second kappa shape index (κ2) is 7.02. The number of ether oxygens (including phenoxy) is 1. The van der Waals surface area contributed by atoms with Crippen LogP contribution in [0, 0.1) is 5.92 Å². The summed E-state index contributed by atoms with van der Waals surface area (Å²) in [5, 5.41) is 6.00. The van der Waals surface area contributed by atoms with E-state index in [-0.39, 0.29) is 23.9 Å². The van der Waals surface area contributed by atoms with Crippen molar-refractivity contribution in [1.82, 2.24) is 15.1 Å². The third kappa shape index (κ3) is 2.73. The van der Waals surface area contributed by atoms with Crippen LogP contribution in [0.5, 0.6) is 0 Å².